The number of aryl methyl sites for hydroxylation is 1. The number of nitrogens with zero attached hydrogens (tertiary/aromatic N) is 3. The first-order valence-corrected chi connectivity index (χ1v) is 10.9. The van der Waals surface area contributed by atoms with Crippen LogP contribution in [0.25, 0.3) is 20.7 Å². The van der Waals surface area contributed by atoms with Crippen molar-refractivity contribution >= 4 is 45.1 Å². The van der Waals surface area contributed by atoms with Crippen LogP contribution in [0.2, 0.25) is 0 Å². The van der Waals surface area contributed by atoms with Crippen molar-refractivity contribution < 1.29 is 9.32 Å². The Morgan fingerprint density at radius 2 is 2.13 bits per heavy atom. The fraction of sp³-hybridized carbons (Fsp3) is 0.143. The second-order valence-electron chi connectivity index (χ2n) is 6.46. The van der Waals surface area contributed by atoms with Crippen molar-refractivity contribution in [1.29, 1.82) is 0 Å². The van der Waals surface area contributed by atoms with Crippen molar-refractivity contribution in [2.45, 2.75) is 18.6 Å². The van der Waals surface area contributed by atoms with E-state index in [-0.39, 0.29) is 23.1 Å². The molecule has 0 bridgehead atoms. The SMILES string of the molecule is C=CCn1c(SCC(=O)Nc2cc(C)no2)nc2sc(-c3ccccc3)cc2c1=O. The second-order valence-corrected chi connectivity index (χ2v) is 8.44. The van der Waals surface area contributed by atoms with Gasteiger partial charge in [-0.15, -0.1) is 17.9 Å². The second kappa shape index (κ2) is 8.68. The molecule has 0 saturated carbocycles. The highest BCUT2D eigenvalue weighted by atomic mass is 32.2. The van der Waals surface area contributed by atoms with E-state index in [0.717, 1.165) is 10.4 Å². The van der Waals surface area contributed by atoms with Gasteiger partial charge in [-0.05, 0) is 18.6 Å². The van der Waals surface area contributed by atoms with Crippen LogP contribution in [0.3, 0.4) is 0 Å². The van der Waals surface area contributed by atoms with Gasteiger partial charge in [0.1, 0.15) is 4.83 Å². The molecule has 30 heavy (non-hydrogen) atoms. The lowest BCUT2D eigenvalue weighted by Gasteiger charge is -2.09. The van der Waals surface area contributed by atoms with Crippen molar-refractivity contribution in [3.63, 3.8) is 0 Å². The number of thioether (sulfide) groups is 1. The Balaban J connectivity index is 1.62. The normalized spacial score (nSPS) is 11.0. The van der Waals surface area contributed by atoms with Crippen LogP contribution in [0, 0.1) is 6.92 Å². The highest BCUT2D eigenvalue weighted by molar-refractivity contribution is 7.99. The van der Waals surface area contributed by atoms with Crippen molar-refractivity contribution in [3.8, 4) is 10.4 Å². The molecular formula is C21H18N4O3S2. The Labute approximate surface area is 180 Å². The number of thiophene rings is 1. The summed E-state index contributed by atoms with van der Waals surface area (Å²) in [7, 11) is 0. The van der Waals surface area contributed by atoms with Crippen LogP contribution in [0.4, 0.5) is 5.88 Å². The van der Waals surface area contributed by atoms with E-state index in [9.17, 15) is 9.59 Å². The molecule has 0 aliphatic heterocycles. The molecule has 7 nitrogen and oxygen atoms in total. The summed E-state index contributed by atoms with van der Waals surface area (Å²) in [6, 6.07) is 13.4. The number of hydrogen-bond donors (Lipinski definition) is 1. The molecule has 3 heterocycles. The van der Waals surface area contributed by atoms with Gasteiger partial charge in [-0.3, -0.25) is 19.5 Å². The van der Waals surface area contributed by atoms with E-state index in [1.54, 1.807) is 19.1 Å². The lowest BCUT2D eigenvalue weighted by molar-refractivity contribution is -0.113. The van der Waals surface area contributed by atoms with E-state index >= 15 is 0 Å². The Kier molecular flexibility index (Phi) is 5.82. The predicted molar refractivity (Wildman–Crippen MR) is 120 cm³/mol. The number of anilines is 1. The number of amides is 1. The molecule has 0 spiro atoms. The lowest BCUT2D eigenvalue weighted by atomic mass is 10.2. The van der Waals surface area contributed by atoms with Crippen molar-refractivity contribution in [1.82, 2.24) is 14.7 Å². The zero-order valence-electron chi connectivity index (χ0n) is 16.1. The summed E-state index contributed by atoms with van der Waals surface area (Å²) >= 11 is 2.65. The van der Waals surface area contributed by atoms with Gasteiger partial charge in [0.2, 0.25) is 11.8 Å². The third-order valence-corrected chi connectivity index (χ3v) is 6.26. The van der Waals surface area contributed by atoms with Crippen LogP contribution in [-0.4, -0.2) is 26.4 Å². The first-order chi connectivity index (χ1) is 14.5. The molecule has 4 aromatic rings. The highest BCUT2D eigenvalue weighted by Crippen LogP contribution is 2.32. The standard InChI is InChI=1S/C21H18N4O3S2/c1-3-9-25-20(27)15-11-16(14-7-5-4-6-8-14)30-19(15)23-21(25)29-12-17(26)22-18-10-13(2)24-28-18/h3-8,10-11H,1,9,12H2,2H3,(H,22,26). The minimum atomic E-state index is -0.271. The third-order valence-electron chi connectivity index (χ3n) is 4.21. The molecule has 9 heteroatoms. The average molecular weight is 439 g/mol. The van der Waals surface area contributed by atoms with E-state index in [1.165, 1.54) is 27.7 Å². The zero-order chi connectivity index (χ0) is 21.1. The maximum Gasteiger partial charge on any atom is 0.263 e. The molecule has 152 valence electrons. The van der Waals surface area contributed by atoms with Crippen molar-refractivity contribution in [2.24, 2.45) is 0 Å². The Bertz CT molecular complexity index is 1270. The molecule has 1 N–H and O–H groups in total. The smallest absolute Gasteiger partial charge is 0.263 e. The Morgan fingerprint density at radius 3 is 2.83 bits per heavy atom. The molecule has 1 amide bonds. The maximum absolute atomic E-state index is 13.1. The summed E-state index contributed by atoms with van der Waals surface area (Å²) in [5.74, 6) is 0.0914. The zero-order valence-corrected chi connectivity index (χ0v) is 17.8. The topological polar surface area (TPSA) is 90.0 Å². The summed E-state index contributed by atoms with van der Waals surface area (Å²) in [5.41, 5.74) is 1.56. The molecular weight excluding hydrogens is 420 g/mol. The van der Waals surface area contributed by atoms with Gasteiger partial charge in [-0.1, -0.05) is 53.3 Å². The number of hydrogen-bond acceptors (Lipinski definition) is 7. The van der Waals surface area contributed by atoms with E-state index in [2.05, 4.69) is 22.0 Å². The monoisotopic (exact) mass is 438 g/mol. The fourth-order valence-corrected chi connectivity index (χ4v) is 4.75. The molecule has 0 aliphatic carbocycles. The van der Waals surface area contributed by atoms with Crippen LogP contribution in [0.5, 0.6) is 0 Å². The minimum absolute atomic E-state index is 0.0752. The van der Waals surface area contributed by atoms with Crippen molar-refractivity contribution in [2.75, 3.05) is 11.1 Å². The van der Waals surface area contributed by atoms with Gasteiger partial charge >= 0.3 is 0 Å². The number of carbonyl (C=O) groups excluding carboxylic acids is 1. The predicted octanol–water partition coefficient (Wildman–Crippen LogP) is 4.34. The molecule has 1 aromatic carbocycles. The van der Waals surface area contributed by atoms with E-state index in [1.807, 2.05) is 36.4 Å². The highest BCUT2D eigenvalue weighted by Gasteiger charge is 2.16. The summed E-state index contributed by atoms with van der Waals surface area (Å²) in [6.07, 6.45) is 1.64. The van der Waals surface area contributed by atoms with E-state index in [4.69, 9.17) is 4.52 Å². The van der Waals surface area contributed by atoms with Crippen LogP contribution >= 0.6 is 23.1 Å². The van der Waals surface area contributed by atoms with Crippen LogP contribution in [0.1, 0.15) is 5.69 Å². The molecule has 3 aromatic heterocycles. The Morgan fingerprint density at radius 1 is 1.33 bits per heavy atom. The van der Waals surface area contributed by atoms with Gasteiger partial charge in [-0.2, -0.15) is 0 Å². The molecule has 0 saturated heterocycles. The number of fused-ring (bicyclic) bond motifs is 1. The third kappa shape index (κ3) is 4.22. The van der Waals surface area contributed by atoms with Crippen LogP contribution in [-0.2, 0) is 11.3 Å². The largest absolute Gasteiger partial charge is 0.338 e. The molecule has 0 unspecified atom stereocenters. The lowest BCUT2D eigenvalue weighted by Crippen LogP contribution is -2.23. The summed E-state index contributed by atoms with van der Waals surface area (Å²) in [5, 5.41) is 7.41. The number of allylic oxidation sites excluding steroid dienone is 1. The average Bonchev–Trinajstić information content (AvgIpc) is 3.36. The first kappa shape index (κ1) is 20.1. The fourth-order valence-electron chi connectivity index (χ4n) is 2.87. The van der Waals surface area contributed by atoms with Gasteiger partial charge in [0.15, 0.2) is 5.16 Å². The van der Waals surface area contributed by atoms with E-state index in [0.29, 0.717) is 27.6 Å². The summed E-state index contributed by atoms with van der Waals surface area (Å²) in [4.78, 5) is 31.6. The number of nitrogens with one attached hydrogen (secondary N) is 1. The number of benzene rings is 1. The number of aromatic nitrogens is 3. The summed E-state index contributed by atoms with van der Waals surface area (Å²) in [6.45, 7) is 5.81. The minimum Gasteiger partial charge on any atom is -0.338 e. The number of carbonyl (C=O) groups is 1. The van der Waals surface area contributed by atoms with Crippen molar-refractivity contribution in [3.05, 3.63) is 71.2 Å². The van der Waals surface area contributed by atoms with Gasteiger partial charge in [0, 0.05) is 17.5 Å². The van der Waals surface area contributed by atoms with E-state index < -0.39 is 0 Å². The van der Waals surface area contributed by atoms with Gasteiger partial charge in [0.25, 0.3) is 5.56 Å². The Hall–Kier alpha value is -3.17. The van der Waals surface area contributed by atoms with Gasteiger partial charge in [0.05, 0.1) is 16.8 Å². The molecule has 4 rings (SSSR count). The van der Waals surface area contributed by atoms with Gasteiger partial charge < -0.3 is 4.52 Å². The molecule has 0 aliphatic rings. The molecule has 0 atom stereocenters. The molecule has 0 radical (unpaired) electrons. The quantitative estimate of drug-likeness (QED) is 0.262. The van der Waals surface area contributed by atoms with Gasteiger partial charge in [-0.25, -0.2) is 4.98 Å². The maximum atomic E-state index is 13.1. The van der Waals surface area contributed by atoms with Crippen LogP contribution < -0.4 is 10.9 Å². The first-order valence-electron chi connectivity index (χ1n) is 9.12. The summed E-state index contributed by atoms with van der Waals surface area (Å²) < 4.78 is 6.53. The van der Waals surface area contributed by atoms with Crippen LogP contribution in [0.15, 0.2) is 69.6 Å². The molecule has 0 fully saturated rings. The number of rotatable bonds is 7.